The first-order valence-corrected chi connectivity index (χ1v) is 4.32. The minimum Gasteiger partial charge on any atom is -0.481 e. The van der Waals surface area contributed by atoms with Crippen molar-refractivity contribution in [2.24, 2.45) is 0 Å². The van der Waals surface area contributed by atoms with E-state index in [2.05, 4.69) is 0 Å². The predicted octanol–water partition coefficient (Wildman–Crippen LogP) is -1.11. The van der Waals surface area contributed by atoms with E-state index in [-0.39, 0.29) is 12.5 Å². The molecule has 0 radical (unpaired) electrons. The van der Waals surface area contributed by atoms with Crippen LogP contribution in [0.4, 0.5) is 0 Å². The van der Waals surface area contributed by atoms with Crippen molar-refractivity contribution in [1.29, 1.82) is 0 Å². The molecule has 0 amide bonds. The SMILES string of the molecule is CC(CC(=O)O)N1C[C@@H](O)[C@@H](O)C1. The third-order valence-corrected chi connectivity index (χ3v) is 2.38. The number of hydrogen-bond acceptors (Lipinski definition) is 4. The van der Waals surface area contributed by atoms with Crippen molar-refractivity contribution < 1.29 is 20.1 Å². The highest BCUT2D eigenvalue weighted by Crippen LogP contribution is 2.14. The second-order valence-corrected chi connectivity index (χ2v) is 3.54. The number of aliphatic hydroxyl groups is 2. The number of nitrogens with zero attached hydrogens (tertiary/aromatic N) is 1. The molecule has 0 saturated carbocycles. The fourth-order valence-corrected chi connectivity index (χ4v) is 1.54. The van der Waals surface area contributed by atoms with E-state index in [0.717, 1.165) is 0 Å². The first-order chi connectivity index (χ1) is 6.00. The van der Waals surface area contributed by atoms with Crippen LogP contribution in [0, 0.1) is 0 Å². The molecule has 1 fully saturated rings. The van der Waals surface area contributed by atoms with E-state index in [4.69, 9.17) is 5.11 Å². The van der Waals surface area contributed by atoms with Crippen LogP contribution in [0.1, 0.15) is 13.3 Å². The van der Waals surface area contributed by atoms with Crippen LogP contribution >= 0.6 is 0 Å². The molecule has 1 heterocycles. The summed E-state index contributed by atoms with van der Waals surface area (Å²) in [6.07, 6.45) is -1.44. The Morgan fingerprint density at radius 3 is 2.31 bits per heavy atom. The van der Waals surface area contributed by atoms with Gasteiger partial charge in [0.1, 0.15) is 0 Å². The molecule has 0 aromatic carbocycles. The quantitative estimate of drug-likeness (QED) is 0.524. The number of carbonyl (C=O) groups is 1. The standard InChI is InChI=1S/C8H15NO4/c1-5(2-8(12)13)9-3-6(10)7(11)4-9/h5-7,10-11H,2-4H2,1H3,(H,12,13)/t5?,6-,7+. The van der Waals surface area contributed by atoms with Gasteiger partial charge in [0.25, 0.3) is 0 Å². The molecule has 0 aromatic rings. The van der Waals surface area contributed by atoms with E-state index in [9.17, 15) is 15.0 Å². The maximum atomic E-state index is 10.4. The number of aliphatic hydroxyl groups excluding tert-OH is 2. The van der Waals surface area contributed by atoms with Gasteiger partial charge < -0.3 is 15.3 Å². The monoisotopic (exact) mass is 189 g/mol. The van der Waals surface area contributed by atoms with Gasteiger partial charge in [-0.25, -0.2) is 0 Å². The summed E-state index contributed by atoms with van der Waals surface area (Å²) in [4.78, 5) is 12.2. The average Bonchev–Trinajstić information content (AvgIpc) is 2.31. The molecule has 3 atom stereocenters. The smallest absolute Gasteiger partial charge is 0.304 e. The molecule has 1 aliphatic heterocycles. The highest BCUT2D eigenvalue weighted by atomic mass is 16.4. The van der Waals surface area contributed by atoms with Gasteiger partial charge in [-0.3, -0.25) is 9.69 Å². The maximum absolute atomic E-state index is 10.4. The first-order valence-electron chi connectivity index (χ1n) is 4.32. The molecule has 0 spiro atoms. The number of likely N-dealkylation sites (tertiary alicyclic amines) is 1. The van der Waals surface area contributed by atoms with Crippen LogP contribution < -0.4 is 0 Å². The molecule has 1 aliphatic rings. The van der Waals surface area contributed by atoms with Crippen molar-refractivity contribution in [1.82, 2.24) is 4.90 Å². The van der Waals surface area contributed by atoms with Gasteiger partial charge in [-0.15, -0.1) is 0 Å². The van der Waals surface area contributed by atoms with Gasteiger partial charge in [-0.1, -0.05) is 0 Å². The van der Waals surface area contributed by atoms with Gasteiger partial charge in [0.15, 0.2) is 0 Å². The van der Waals surface area contributed by atoms with E-state index in [1.807, 2.05) is 0 Å². The Bertz CT molecular complexity index is 187. The minimum atomic E-state index is -0.858. The number of aliphatic carboxylic acids is 1. The predicted molar refractivity (Wildman–Crippen MR) is 45.3 cm³/mol. The summed E-state index contributed by atoms with van der Waals surface area (Å²) < 4.78 is 0. The summed E-state index contributed by atoms with van der Waals surface area (Å²) >= 11 is 0. The third-order valence-electron chi connectivity index (χ3n) is 2.38. The van der Waals surface area contributed by atoms with Gasteiger partial charge in [0, 0.05) is 19.1 Å². The van der Waals surface area contributed by atoms with Crippen LogP contribution in [0.3, 0.4) is 0 Å². The van der Waals surface area contributed by atoms with Crippen LogP contribution in [0.25, 0.3) is 0 Å². The molecule has 1 saturated heterocycles. The summed E-state index contributed by atoms with van der Waals surface area (Å²) in [5.74, 6) is -0.858. The van der Waals surface area contributed by atoms with Crippen molar-refractivity contribution in [3.8, 4) is 0 Å². The zero-order valence-electron chi connectivity index (χ0n) is 7.55. The van der Waals surface area contributed by atoms with Gasteiger partial charge in [0.05, 0.1) is 18.6 Å². The fourth-order valence-electron chi connectivity index (χ4n) is 1.54. The summed E-state index contributed by atoms with van der Waals surface area (Å²) in [7, 11) is 0. The Balaban J connectivity index is 2.41. The highest BCUT2D eigenvalue weighted by Gasteiger charge is 2.32. The second kappa shape index (κ2) is 4.04. The maximum Gasteiger partial charge on any atom is 0.304 e. The molecule has 5 heteroatoms. The lowest BCUT2D eigenvalue weighted by molar-refractivity contribution is -0.138. The van der Waals surface area contributed by atoms with Crippen molar-refractivity contribution in [2.75, 3.05) is 13.1 Å². The average molecular weight is 189 g/mol. The minimum absolute atomic E-state index is 0.0411. The van der Waals surface area contributed by atoms with Crippen molar-refractivity contribution >= 4 is 5.97 Å². The molecule has 76 valence electrons. The molecule has 0 aromatic heterocycles. The van der Waals surface area contributed by atoms with Gasteiger partial charge >= 0.3 is 5.97 Å². The summed E-state index contributed by atoms with van der Waals surface area (Å²) in [5, 5.41) is 26.9. The van der Waals surface area contributed by atoms with Gasteiger partial charge in [-0.05, 0) is 6.92 Å². The number of hydrogen-bond donors (Lipinski definition) is 3. The lowest BCUT2D eigenvalue weighted by Gasteiger charge is -2.21. The molecule has 1 unspecified atom stereocenters. The lowest BCUT2D eigenvalue weighted by atomic mass is 10.2. The second-order valence-electron chi connectivity index (χ2n) is 3.54. The van der Waals surface area contributed by atoms with Gasteiger partial charge in [-0.2, -0.15) is 0 Å². The normalized spacial score (nSPS) is 31.9. The molecular weight excluding hydrogens is 174 g/mol. The van der Waals surface area contributed by atoms with E-state index in [1.54, 1.807) is 11.8 Å². The van der Waals surface area contributed by atoms with E-state index in [0.29, 0.717) is 13.1 Å². The zero-order chi connectivity index (χ0) is 10.0. The third kappa shape index (κ3) is 2.65. The zero-order valence-corrected chi connectivity index (χ0v) is 7.55. The topological polar surface area (TPSA) is 81.0 Å². The van der Waals surface area contributed by atoms with E-state index >= 15 is 0 Å². The van der Waals surface area contributed by atoms with Crippen LogP contribution in [0.5, 0.6) is 0 Å². The molecule has 0 aliphatic carbocycles. The molecular formula is C8H15NO4. The van der Waals surface area contributed by atoms with Crippen LogP contribution in [-0.4, -0.2) is 57.5 Å². The van der Waals surface area contributed by atoms with E-state index in [1.165, 1.54) is 0 Å². The van der Waals surface area contributed by atoms with Crippen molar-refractivity contribution in [3.63, 3.8) is 0 Å². The van der Waals surface area contributed by atoms with Crippen molar-refractivity contribution in [2.45, 2.75) is 31.6 Å². The van der Waals surface area contributed by atoms with E-state index < -0.39 is 18.2 Å². The molecule has 1 rings (SSSR count). The highest BCUT2D eigenvalue weighted by molar-refractivity contribution is 5.67. The Morgan fingerprint density at radius 1 is 1.46 bits per heavy atom. The number of carboxylic acids is 1. The summed E-state index contributed by atoms with van der Waals surface area (Å²) in [6.45, 7) is 2.49. The molecule has 3 N–H and O–H groups in total. The Kier molecular flexibility index (Phi) is 3.24. The van der Waals surface area contributed by atoms with Crippen LogP contribution in [-0.2, 0) is 4.79 Å². The van der Waals surface area contributed by atoms with Crippen LogP contribution in [0.2, 0.25) is 0 Å². The number of rotatable bonds is 3. The molecule has 13 heavy (non-hydrogen) atoms. The lowest BCUT2D eigenvalue weighted by Crippen LogP contribution is -2.33. The Morgan fingerprint density at radius 2 is 1.92 bits per heavy atom. The Labute approximate surface area is 76.6 Å². The molecule has 0 bridgehead atoms. The Hall–Kier alpha value is -0.650. The first kappa shape index (κ1) is 10.4. The summed E-state index contributed by atoms with van der Waals surface area (Å²) in [6, 6.07) is -0.135. The molecule has 5 nitrogen and oxygen atoms in total. The summed E-state index contributed by atoms with van der Waals surface area (Å²) in [5.41, 5.74) is 0. The largest absolute Gasteiger partial charge is 0.481 e. The fraction of sp³-hybridized carbons (Fsp3) is 0.875. The van der Waals surface area contributed by atoms with Crippen LogP contribution in [0.15, 0.2) is 0 Å². The number of β-amino-alcohol motifs (C(OH)–C–C–N with tert-alkyl or cyclic N) is 2. The number of carboxylic acid groups (broad SMARTS) is 1. The van der Waals surface area contributed by atoms with Crippen molar-refractivity contribution in [3.05, 3.63) is 0 Å². The van der Waals surface area contributed by atoms with Gasteiger partial charge in [0.2, 0.25) is 0 Å².